The highest BCUT2D eigenvalue weighted by atomic mass is 35.5. The average Bonchev–Trinajstić information content (AvgIpc) is 3.11. The molecule has 37 heavy (non-hydrogen) atoms. The van der Waals surface area contributed by atoms with Crippen LogP contribution in [0.15, 0.2) is 36.4 Å². The summed E-state index contributed by atoms with van der Waals surface area (Å²) in [5, 5.41) is 7.55. The Morgan fingerprint density at radius 1 is 1.08 bits per heavy atom. The monoisotopic (exact) mass is 528 g/mol. The SMILES string of the molecule is COC(=O)COc1ccc(NC(=O)NCc2ccc3c(c2)C(=O)N(C2CCC(=O)NC2=O)C3=O)cc1Cl. The van der Waals surface area contributed by atoms with Crippen molar-refractivity contribution in [3.63, 3.8) is 0 Å². The van der Waals surface area contributed by atoms with Crippen molar-refractivity contribution in [2.75, 3.05) is 19.0 Å². The van der Waals surface area contributed by atoms with Gasteiger partial charge < -0.3 is 20.1 Å². The Kier molecular flexibility index (Phi) is 7.39. The van der Waals surface area contributed by atoms with E-state index in [1.807, 2.05) is 0 Å². The summed E-state index contributed by atoms with van der Waals surface area (Å²) in [6.45, 7) is -0.281. The van der Waals surface area contributed by atoms with Gasteiger partial charge in [0.15, 0.2) is 6.61 Å². The minimum atomic E-state index is -1.05. The van der Waals surface area contributed by atoms with Crippen LogP contribution in [0.2, 0.25) is 5.02 Å². The summed E-state index contributed by atoms with van der Waals surface area (Å²) in [5.74, 6) is -2.71. The molecule has 2 aromatic rings. The molecule has 0 aliphatic carbocycles. The topological polar surface area (TPSA) is 160 Å². The van der Waals surface area contributed by atoms with Gasteiger partial charge in [0.05, 0.1) is 23.3 Å². The number of nitrogens with one attached hydrogen (secondary N) is 3. The molecule has 2 heterocycles. The predicted molar refractivity (Wildman–Crippen MR) is 128 cm³/mol. The zero-order valence-electron chi connectivity index (χ0n) is 19.5. The van der Waals surface area contributed by atoms with Crippen molar-refractivity contribution >= 4 is 52.9 Å². The third-order valence-corrected chi connectivity index (χ3v) is 6.02. The molecule has 0 radical (unpaired) electrons. The number of anilines is 1. The quantitative estimate of drug-likeness (QED) is 0.361. The van der Waals surface area contributed by atoms with Crippen LogP contribution in [0.3, 0.4) is 0 Å². The highest BCUT2D eigenvalue weighted by Crippen LogP contribution is 2.29. The number of methoxy groups -OCH3 is 1. The molecule has 2 aliphatic rings. The zero-order valence-corrected chi connectivity index (χ0v) is 20.2. The van der Waals surface area contributed by atoms with Crippen molar-refractivity contribution in [3.8, 4) is 5.75 Å². The summed E-state index contributed by atoms with van der Waals surface area (Å²) in [4.78, 5) is 73.7. The van der Waals surface area contributed by atoms with Crippen molar-refractivity contribution in [2.24, 2.45) is 0 Å². The van der Waals surface area contributed by atoms with Crippen LogP contribution in [0.1, 0.15) is 39.1 Å². The largest absolute Gasteiger partial charge is 0.480 e. The van der Waals surface area contributed by atoms with Crippen LogP contribution in [0.4, 0.5) is 10.5 Å². The Bertz CT molecular complexity index is 1330. The number of rotatable bonds is 7. The van der Waals surface area contributed by atoms with Gasteiger partial charge in [-0.05, 0) is 42.3 Å². The number of hydrogen-bond donors (Lipinski definition) is 3. The number of halogens is 1. The number of carbonyl (C=O) groups is 6. The molecular weight excluding hydrogens is 508 g/mol. The van der Waals surface area contributed by atoms with Gasteiger partial charge >= 0.3 is 12.0 Å². The molecule has 192 valence electrons. The summed E-state index contributed by atoms with van der Waals surface area (Å²) >= 11 is 6.12. The Morgan fingerprint density at radius 2 is 1.84 bits per heavy atom. The summed E-state index contributed by atoms with van der Waals surface area (Å²) < 4.78 is 9.73. The molecule has 1 saturated heterocycles. The lowest BCUT2D eigenvalue weighted by atomic mass is 10.0. The number of imide groups is 2. The number of urea groups is 1. The fourth-order valence-electron chi connectivity index (χ4n) is 3.88. The molecule has 0 aromatic heterocycles. The molecule has 13 heteroatoms. The van der Waals surface area contributed by atoms with E-state index in [-0.39, 0.29) is 47.9 Å². The number of amides is 6. The second-order valence-corrected chi connectivity index (χ2v) is 8.55. The van der Waals surface area contributed by atoms with Crippen molar-refractivity contribution in [2.45, 2.75) is 25.4 Å². The maximum absolute atomic E-state index is 12.9. The van der Waals surface area contributed by atoms with E-state index in [4.69, 9.17) is 16.3 Å². The molecule has 1 atom stereocenters. The second kappa shape index (κ2) is 10.7. The number of piperidine rings is 1. The lowest BCUT2D eigenvalue weighted by Gasteiger charge is -2.27. The first-order chi connectivity index (χ1) is 17.7. The Balaban J connectivity index is 1.36. The molecule has 0 saturated carbocycles. The molecule has 12 nitrogen and oxygen atoms in total. The van der Waals surface area contributed by atoms with Crippen LogP contribution in [0.5, 0.6) is 5.75 Å². The summed E-state index contributed by atoms with van der Waals surface area (Å²) in [7, 11) is 1.23. The van der Waals surface area contributed by atoms with Gasteiger partial charge in [-0.3, -0.25) is 29.4 Å². The van der Waals surface area contributed by atoms with E-state index >= 15 is 0 Å². The van der Waals surface area contributed by atoms with Crippen LogP contribution in [0, 0.1) is 0 Å². The maximum atomic E-state index is 12.9. The third-order valence-electron chi connectivity index (χ3n) is 5.72. The number of hydrogen-bond acceptors (Lipinski definition) is 8. The number of esters is 1. The molecule has 0 spiro atoms. The Morgan fingerprint density at radius 3 is 2.54 bits per heavy atom. The Hall–Kier alpha value is -4.45. The van der Waals surface area contributed by atoms with E-state index in [9.17, 15) is 28.8 Å². The number of benzene rings is 2. The number of ether oxygens (including phenoxy) is 2. The zero-order chi connectivity index (χ0) is 26.7. The average molecular weight is 529 g/mol. The van der Waals surface area contributed by atoms with E-state index in [1.54, 1.807) is 6.07 Å². The van der Waals surface area contributed by atoms with Crippen molar-refractivity contribution < 1.29 is 38.2 Å². The van der Waals surface area contributed by atoms with Crippen LogP contribution < -0.4 is 20.7 Å². The smallest absolute Gasteiger partial charge is 0.343 e. The lowest BCUT2D eigenvalue weighted by Crippen LogP contribution is -2.54. The Labute approximate surface area is 215 Å². The third kappa shape index (κ3) is 5.54. The van der Waals surface area contributed by atoms with E-state index < -0.39 is 41.7 Å². The molecule has 0 bridgehead atoms. The first-order valence-corrected chi connectivity index (χ1v) is 11.4. The van der Waals surface area contributed by atoms with Gasteiger partial charge in [0.2, 0.25) is 11.8 Å². The molecule has 2 aliphatic heterocycles. The van der Waals surface area contributed by atoms with Gasteiger partial charge in [-0.1, -0.05) is 17.7 Å². The molecule has 4 rings (SSSR count). The highest BCUT2D eigenvalue weighted by molar-refractivity contribution is 6.32. The minimum absolute atomic E-state index is 0.0303. The highest BCUT2D eigenvalue weighted by Gasteiger charge is 2.44. The van der Waals surface area contributed by atoms with Crippen molar-refractivity contribution in [3.05, 3.63) is 58.1 Å². The second-order valence-electron chi connectivity index (χ2n) is 8.14. The maximum Gasteiger partial charge on any atom is 0.343 e. The normalized spacial score (nSPS) is 16.7. The van der Waals surface area contributed by atoms with Gasteiger partial charge in [0, 0.05) is 18.7 Å². The predicted octanol–water partition coefficient (Wildman–Crippen LogP) is 1.61. The molecule has 3 N–H and O–H groups in total. The van der Waals surface area contributed by atoms with E-state index in [2.05, 4.69) is 20.7 Å². The molecular formula is C24H21ClN4O8. The van der Waals surface area contributed by atoms with Crippen LogP contribution in [0.25, 0.3) is 0 Å². The van der Waals surface area contributed by atoms with E-state index in [1.165, 1.54) is 37.4 Å². The van der Waals surface area contributed by atoms with Gasteiger partial charge in [-0.25, -0.2) is 9.59 Å². The van der Waals surface area contributed by atoms with Gasteiger partial charge in [-0.2, -0.15) is 0 Å². The van der Waals surface area contributed by atoms with Crippen LogP contribution in [-0.4, -0.2) is 60.3 Å². The fourth-order valence-corrected chi connectivity index (χ4v) is 4.11. The molecule has 6 amide bonds. The van der Waals surface area contributed by atoms with Gasteiger partial charge in [0.25, 0.3) is 11.8 Å². The van der Waals surface area contributed by atoms with Crippen LogP contribution in [-0.2, 0) is 25.7 Å². The van der Waals surface area contributed by atoms with Crippen molar-refractivity contribution in [1.29, 1.82) is 0 Å². The summed E-state index contributed by atoms with van der Waals surface area (Å²) in [6, 6.07) is 7.36. The number of fused-ring (bicyclic) bond motifs is 1. The summed E-state index contributed by atoms with van der Waals surface area (Å²) in [5.41, 5.74) is 1.17. The van der Waals surface area contributed by atoms with Crippen molar-refractivity contribution in [1.82, 2.24) is 15.5 Å². The van der Waals surface area contributed by atoms with Gasteiger partial charge in [0.1, 0.15) is 11.8 Å². The number of carbonyl (C=O) groups excluding carboxylic acids is 6. The summed E-state index contributed by atoms with van der Waals surface area (Å²) in [6.07, 6.45) is 0.0929. The van der Waals surface area contributed by atoms with Gasteiger partial charge in [-0.15, -0.1) is 0 Å². The van der Waals surface area contributed by atoms with Crippen LogP contribution >= 0.6 is 11.6 Å². The molecule has 2 aromatic carbocycles. The fraction of sp³-hybridized carbons (Fsp3) is 0.250. The number of nitrogens with zero attached hydrogens (tertiary/aromatic N) is 1. The van der Waals surface area contributed by atoms with E-state index in [0.29, 0.717) is 11.3 Å². The first-order valence-electron chi connectivity index (χ1n) is 11.1. The standard InChI is InChI=1S/C24H21ClN4O8/c1-36-20(31)11-37-18-6-3-13(9-16(18)25)27-24(35)26-10-12-2-4-14-15(8-12)23(34)29(22(14)33)17-5-7-19(30)28-21(17)32/h2-4,6,8-9,17H,5,7,10-11H2,1H3,(H2,26,27,35)(H,28,30,32). The lowest BCUT2D eigenvalue weighted by molar-refractivity contribution is -0.143. The minimum Gasteiger partial charge on any atom is -0.480 e. The van der Waals surface area contributed by atoms with E-state index in [0.717, 1.165) is 4.90 Å². The molecule has 1 fully saturated rings. The first kappa shape index (κ1) is 25.6. The molecule has 1 unspecified atom stereocenters.